The summed E-state index contributed by atoms with van der Waals surface area (Å²) < 4.78 is 0. The molecule has 1 aliphatic rings. The Balaban J connectivity index is 2.26. The normalized spacial score (nSPS) is 16.6. The first-order valence-electron chi connectivity index (χ1n) is 9.21. The molecule has 1 fully saturated rings. The van der Waals surface area contributed by atoms with Crippen LogP contribution >= 0.6 is 0 Å². The molecule has 4 N–H and O–H groups in total. The maximum atomic E-state index is 11.9. The van der Waals surface area contributed by atoms with Crippen LogP contribution in [0.3, 0.4) is 0 Å². The number of nitrogens with zero attached hydrogens (tertiary/aromatic N) is 1. The van der Waals surface area contributed by atoms with Crippen molar-refractivity contribution in [2.24, 2.45) is 11.3 Å². The molecule has 1 saturated heterocycles. The van der Waals surface area contributed by atoms with E-state index in [1.165, 1.54) is 20.8 Å². The van der Waals surface area contributed by atoms with Gasteiger partial charge in [0.15, 0.2) is 0 Å². The second-order valence-corrected chi connectivity index (χ2v) is 7.67. The third-order valence-electron chi connectivity index (χ3n) is 4.91. The van der Waals surface area contributed by atoms with Gasteiger partial charge in [-0.3, -0.25) is 19.2 Å². The quantitative estimate of drug-likeness (QED) is 0.369. The molecule has 1 atom stereocenters. The van der Waals surface area contributed by atoms with Crippen molar-refractivity contribution < 1.29 is 29.4 Å². The van der Waals surface area contributed by atoms with Gasteiger partial charge in [0.05, 0.1) is 6.61 Å². The summed E-state index contributed by atoms with van der Waals surface area (Å²) in [6.45, 7) is 5.86. The summed E-state index contributed by atoms with van der Waals surface area (Å²) in [6, 6.07) is 0. The number of nitrogens with one attached hydrogen (secondary N) is 2. The van der Waals surface area contributed by atoms with E-state index in [4.69, 9.17) is 5.11 Å². The van der Waals surface area contributed by atoms with Crippen molar-refractivity contribution in [3.63, 3.8) is 0 Å². The van der Waals surface area contributed by atoms with Crippen LogP contribution in [0.2, 0.25) is 0 Å². The number of piperidine rings is 1. The summed E-state index contributed by atoms with van der Waals surface area (Å²) in [7, 11) is 0. The summed E-state index contributed by atoms with van der Waals surface area (Å²) in [5.41, 5.74) is -0.997. The highest BCUT2D eigenvalue weighted by Crippen LogP contribution is 2.19. The second kappa shape index (κ2) is 10.4. The molecule has 1 aliphatic heterocycles. The third kappa shape index (κ3) is 7.26. The monoisotopic (exact) mass is 385 g/mol. The number of amides is 3. The lowest BCUT2D eigenvalue weighted by molar-refractivity contribution is -0.139. The Morgan fingerprint density at radius 2 is 1.74 bits per heavy atom. The Bertz CT molecular complexity index is 555. The number of likely N-dealkylation sites (tertiary alicyclic amines) is 1. The molecule has 0 saturated carbocycles. The van der Waals surface area contributed by atoms with Gasteiger partial charge >= 0.3 is 0 Å². The highest BCUT2D eigenvalue weighted by Gasteiger charge is 2.32. The highest BCUT2D eigenvalue weighted by molar-refractivity contribution is 6.36. The first-order chi connectivity index (χ1) is 12.6. The average molecular weight is 385 g/mol. The van der Waals surface area contributed by atoms with E-state index < -0.39 is 29.1 Å². The van der Waals surface area contributed by atoms with Crippen molar-refractivity contribution in [1.82, 2.24) is 15.5 Å². The molecule has 0 aliphatic carbocycles. The molecule has 1 rings (SSSR count). The molecular weight excluding hydrogens is 354 g/mol. The predicted octanol–water partition coefficient (Wildman–Crippen LogP) is -1.18. The summed E-state index contributed by atoms with van der Waals surface area (Å²) in [4.78, 5) is 48.5. The number of carbonyl (C=O) groups is 4. The number of Topliss-reactive ketones (excluding diaryl/α,β-unsaturated/α-hetero) is 1. The summed E-state index contributed by atoms with van der Waals surface area (Å²) in [6.07, 6.45) is -0.0231. The topological polar surface area (TPSA) is 136 Å². The van der Waals surface area contributed by atoms with Crippen LogP contribution in [0, 0.1) is 11.3 Å². The second-order valence-electron chi connectivity index (χ2n) is 7.67. The Hall–Kier alpha value is -2.00. The lowest BCUT2D eigenvalue weighted by atomic mass is 9.87. The van der Waals surface area contributed by atoms with E-state index in [0.29, 0.717) is 19.6 Å². The lowest BCUT2D eigenvalue weighted by Crippen LogP contribution is -2.46. The molecule has 1 heterocycles. The zero-order valence-corrected chi connectivity index (χ0v) is 16.3. The molecule has 0 bridgehead atoms. The standard InChI is InChI=1S/C18H31N3O6/c1-12(23)21-8-5-13(6-9-21)10-20-16(26)14(24)4-7-19-17(27)15(25)18(2,3)11-22/h13,15,22,25H,4-11H2,1-3H3,(H,19,27)(H,20,26). The van der Waals surface area contributed by atoms with Crippen molar-refractivity contribution in [3.05, 3.63) is 0 Å². The van der Waals surface area contributed by atoms with E-state index >= 15 is 0 Å². The molecule has 0 spiro atoms. The Kier molecular flexibility index (Phi) is 8.84. The zero-order valence-electron chi connectivity index (χ0n) is 16.3. The molecule has 9 heteroatoms. The number of hydrogen-bond acceptors (Lipinski definition) is 6. The van der Waals surface area contributed by atoms with Gasteiger partial charge in [-0.2, -0.15) is 0 Å². The van der Waals surface area contributed by atoms with E-state index in [2.05, 4.69) is 10.6 Å². The molecule has 0 aromatic carbocycles. The predicted molar refractivity (Wildman–Crippen MR) is 97.5 cm³/mol. The smallest absolute Gasteiger partial charge is 0.287 e. The van der Waals surface area contributed by atoms with Crippen LogP contribution in [0.1, 0.15) is 40.0 Å². The molecule has 0 aromatic rings. The maximum absolute atomic E-state index is 11.9. The first-order valence-corrected chi connectivity index (χ1v) is 9.21. The van der Waals surface area contributed by atoms with Gasteiger partial charge in [-0.1, -0.05) is 13.8 Å². The van der Waals surface area contributed by atoms with Gasteiger partial charge in [-0.25, -0.2) is 0 Å². The number of carbonyl (C=O) groups excluding carboxylic acids is 4. The van der Waals surface area contributed by atoms with Crippen LogP contribution < -0.4 is 10.6 Å². The Labute approximate surface area is 159 Å². The first kappa shape index (κ1) is 23.0. The Morgan fingerprint density at radius 3 is 2.26 bits per heavy atom. The van der Waals surface area contributed by atoms with Gasteiger partial charge in [0, 0.05) is 44.9 Å². The molecule has 1 unspecified atom stereocenters. The van der Waals surface area contributed by atoms with Gasteiger partial charge < -0.3 is 25.7 Å². The lowest BCUT2D eigenvalue weighted by Gasteiger charge is -2.31. The van der Waals surface area contributed by atoms with Crippen molar-refractivity contribution in [2.45, 2.75) is 46.1 Å². The Morgan fingerprint density at radius 1 is 1.15 bits per heavy atom. The number of ketones is 1. The van der Waals surface area contributed by atoms with Gasteiger partial charge in [0.2, 0.25) is 17.6 Å². The highest BCUT2D eigenvalue weighted by atomic mass is 16.3. The minimum Gasteiger partial charge on any atom is -0.396 e. The van der Waals surface area contributed by atoms with Crippen molar-refractivity contribution in [2.75, 3.05) is 32.8 Å². The van der Waals surface area contributed by atoms with Crippen molar-refractivity contribution in [3.8, 4) is 0 Å². The number of hydrogen-bond donors (Lipinski definition) is 4. The van der Waals surface area contributed by atoms with Crippen molar-refractivity contribution >= 4 is 23.5 Å². The van der Waals surface area contributed by atoms with E-state index in [0.717, 1.165) is 12.8 Å². The van der Waals surface area contributed by atoms with Gasteiger partial charge in [-0.15, -0.1) is 0 Å². The minimum atomic E-state index is -1.41. The van der Waals surface area contributed by atoms with Crippen molar-refractivity contribution in [1.29, 1.82) is 0 Å². The van der Waals surface area contributed by atoms with Crippen LogP contribution in [0.15, 0.2) is 0 Å². The molecule has 154 valence electrons. The van der Waals surface area contributed by atoms with Crippen LogP contribution in [0.5, 0.6) is 0 Å². The molecular formula is C18H31N3O6. The van der Waals surface area contributed by atoms with Gasteiger partial charge in [-0.05, 0) is 18.8 Å². The van der Waals surface area contributed by atoms with E-state index in [9.17, 15) is 24.3 Å². The fourth-order valence-electron chi connectivity index (χ4n) is 2.74. The minimum absolute atomic E-state index is 0.0437. The van der Waals surface area contributed by atoms with E-state index in [1.807, 2.05) is 0 Å². The van der Waals surface area contributed by atoms with Gasteiger partial charge in [0.25, 0.3) is 5.91 Å². The van der Waals surface area contributed by atoms with Crippen LogP contribution in [0.25, 0.3) is 0 Å². The summed E-state index contributed by atoms with van der Waals surface area (Å²) in [5, 5.41) is 24.0. The fraction of sp³-hybridized carbons (Fsp3) is 0.778. The maximum Gasteiger partial charge on any atom is 0.287 e. The molecule has 0 aromatic heterocycles. The van der Waals surface area contributed by atoms with E-state index in [1.54, 1.807) is 4.90 Å². The van der Waals surface area contributed by atoms with Gasteiger partial charge in [0.1, 0.15) is 6.10 Å². The van der Waals surface area contributed by atoms with Crippen LogP contribution in [-0.2, 0) is 19.2 Å². The van der Waals surface area contributed by atoms with E-state index in [-0.39, 0.29) is 31.4 Å². The number of aliphatic hydroxyl groups is 2. The average Bonchev–Trinajstić information content (AvgIpc) is 2.65. The molecule has 3 amide bonds. The summed E-state index contributed by atoms with van der Waals surface area (Å²) in [5.74, 6) is -1.77. The molecule has 0 radical (unpaired) electrons. The van der Waals surface area contributed by atoms with Crippen LogP contribution in [0.4, 0.5) is 0 Å². The molecule has 9 nitrogen and oxygen atoms in total. The van der Waals surface area contributed by atoms with Crippen LogP contribution in [-0.4, -0.2) is 77.5 Å². The summed E-state index contributed by atoms with van der Waals surface area (Å²) >= 11 is 0. The molecule has 27 heavy (non-hydrogen) atoms. The largest absolute Gasteiger partial charge is 0.396 e. The number of rotatable bonds is 9. The third-order valence-corrected chi connectivity index (χ3v) is 4.91. The SMILES string of the molecule is CC(=O)N1CCC(CNC(=O)C(=O)CCNC(=O)C(O)C(C)(C)CO)CC1. The fourth-order valence-corrected chi connectivity index (χ4v) is 2.74. The number of aliphatic hydroxyl groups excluding tert-OH is 2. The zero-order chi connectivity index (χ0) is 20.6.